The zero-order valence-corrected chi connectivity index (χ0v) is 11.6. The first-order valence-corrected chi connectivity index (χ1v) is 6.28. The van der Waals surface area contributed by atoms with Crippen molar-refractivity contribution in [1.82, 2.24) is 4.90 Å². The Bertz CT molecular complexity index is 331. The average molecular weight is 288 g/mol. The van der Waals surface area contributed by atoms with Crippen molar-refractivity contribution in [3.63, 3.8) is 0 Å². The van der Waals surface area contributed by atoms with Crippen LogP contribution in [0.5, 0.6) is 11.5 Å². The quantitative estimate of drug-likeness (QED) is 0.593. The summed E-state index contributed by atoms with van der Waals surface area (Å²) in [7, 11) is 5.44. The summed E-state index contributed by atoms with van der Waals surface area (Å²) in [5, 5.41) is 0. The normalized spacial score (nSPS) is 10.6. The van der Waals surface area contributed by atoms with E-state index in [0.717, 1.165) is 29.9 Å². The molecule has 0 aromatic heterocycles. The van der Waals surface area contributed by atoms with Gasteiger partial charge < -0.3 is 9.47 Å². The molecular weight excluding hydrogens is 270 g/mol. The molecule has 0 aliphatic rings. The van der Waals surface area contributed by atoms with Gasteiger partial charge in [0, 0.05) is 6.54 Å². The van der Waals surface area contributed by atoms with Crippen molar-refractivity contribution in [3.05, 3.63) is 23.8 Å². The van der Waals surface area contributed by atoms with Crippen LogP contribution >= 0.6 is 15.9 Å². The average Bonchev–Trinajstić information content (AvgIpc) is 2.35. The number of benzene rings is 1. The fourth-order valence-corrected chi connectivity index (χ4v) is 1.70. The summed E-state index contributed by atoms with van der Waals surface area (Å²) in [6.07, 6.45) is 0.947. The predicted octanol–water partition coefficient (Wildman–Crippen LogP) is 2.53. The van der Waals surface area contributed by atoms with Crippen LogP contribution in [0.3, 0.4) is 0 Å². The molecule has 0 aliphatic carbocycles. The highest BCUT2D eigenvalue weighted by atomic mass is 79.9. The molecule has 1 rings (SSSR count). The molecule has 3 nitrogen and oxygen atoms in total. The molecule has 90 valence electrons. The summed E-state index contributed by atoms with van der Waals surface area (Å²) in [6, 6.07) is 5.89. The van der Waals surface area contributed by atoms with E-state index in [2.05, 4.69) is 27.9 Å². The molecule has 0 fully saturated rings. The van der Waals surface area contributed by atoms with Crippen LogP contribution in [-0.2, 0) is 6.42 Å². The third-order valence-electron chi connectivity index (χ3n) is 2.45. The van der Waals surface area contributed by atoms with Gasteiger partial charge in [-0.15, -0.1) is 0 Å². The lowest BCUT2D eigenvalue weighted by Crippen LogP contribution is -2.19. The maximum atomic E-state index is 5.32. The molecule has 16 heavy (non-hydrogen) atoms. The predicted molar refractivity (Wildman–Crippen MR) is 69.7 cm³/mol. The number of hydrogen-bond acceptors (Lipinski definition) is 3. The first kappa shape index (κ1) is 13.3. The number of rotatable bonds is 6. The molecular formula is C12H18BrNO2. The van der Waals surface area contributed by atoms with E-state index < -0.39 is 0 Å². The maximum Gasteiger partial charge on any atom is 0.122 e. The van der Waals surface area contributed by atoms with Crippen molar-refractivity contribution >= 4 is 15.9 Å². The highest BCUT2D eigenvalue weighted by Crippen LogP contribution is 2.24. The lowest BCUT2D eigenvalue weighted by molar-refractivity contribution is 0.381. The number of alkyl halides is 1. The summed E-state index contributed by atoms with van der Waals surface area (Å²) in [6.45, 7) is 0.981. The van der Waals surface area contributed by atoms with E-state index in [0.29, 0.717) is 0 Å². The molecule has 4 heteroatoms. The Balaban J connectivity index is 2.75. The molecule has 0 heterocycles. The third-order valence-corrected chi connectivity index (χ3v) is 3.31. The van der Waals surface area contributed by atoms with E-state index >= 15 is 0 Å². The molecule has 1 aromatic carbocycles. The van der Waals surface area contributed by atoms with Gasteiger partial charge in [0.05, 0.1) is 19.7 Å². The maximum absolute atomic E-state index is 5.32. The summed E-state index contributed by atoms with van der Waals surface area (Å²) in [5.41, 5.74) is 2.05. The summed E-state index contributed by atoms with van der Waals surface area (Å²) < 4.78 is 10.5. The Hall–Kier alpha value is -0.740. The van der Waals surface area contributed by atoms with Gasteiger partial charge in [-0.2, -0.15) is 0 Å². The van der Waals surface area contributed by atoms with Gasteiger partial charge in [-0.25, -0.2) is 0 Å². The monoisotopic (exact) mass is 287 g/mol. The molecule has 0 saturated heterocycles. The van der Waals surface area contributed by atoms with Crippen LogP contribution in [-0.4, -0.2) is 38.2 Å². The highest BCUT2D eigenvalue weighted by molar-refractivity contribution is 9.09. The molecule has 0 radical (unpaired) electrons. The molecule has 0 atom stereocenters. The zero-order valence-electron chi connectivity index (χ0n) is 10.00. The van der Waals surface area contributed by atoms with Gasteiger partial charge in [0.2, 0.25) is 0 Å². The molecule has 0 N–H and O–H groups in total. The molecule has 0 bridgehead atoms. The van der Waals surface area contributed by atoms with Crippen molar-refractivity contribution < 1.29 is 9.47 Å². The van der Waals surface area contributed by atoms with Crippen molar-refractivity contribution in [3.8, 4) is 11.5 Å². The Kier molecular flexibility index (Phi) is 5.63. The van der Waals surface area contributed by atoms with E-state index in [1.165, 1.54) is 5.56 Å². The van der Waals surface area contributed by atoms with Gasteiger partial charge in [-0.1, -0.05) is 15.9 Å². The third kappa shape index (κ3) is 3.68. The zero-order chi connectivity index (χ0) is 12.0. The Morgan fingerprint density at radius 2 is 2.00 bits per heavy atom. The van der Waals surface area contributed by atoms with Gasteiger partial charge >= 0.3 is 0 Å². The number of ether oxygens (including phenoxy) is 2. The lowest BCUT2D eigenvalue weighted by Gasteiger charge is -2.15. The summed E-state index contributed by atoms with van der Waals surface area (Å²) >= 11 is 3.42. The fraction of sp³-hybridized carbons (Fsp3) is 0.500. The number of nitrogens with zero attached hydrogens (tertiary/aromatic N) is 1. The van der Waals surface area contributed by atoms with Gasteiger partial charge in [0.25, 0.3) is 0 Å². The Labute approximate surface area is 105 Å². The summed E-state index contributed by atoms with van der Waals surface area (Å²) in [4.78, 5) is 2.19. The minimum Gasteiger partial charge on any atom is -0.497 e. The molecule has 0 aliphatic heterocycles. The van der Waals surface area contributed by atoms with Crippen LogP contribution in [0.2, 0.25) is 0 Å². The van der Waals surface area contributed by atoms with Crippen molar-refractivity contribution in [2.24, 2.45) is 0 Å². The smallest absolute Gasteiger partial charge is 0.122 e. The van der Waals surface area contributed by atoms with Crippen molar-refractivity contribution in [2.75, 3.05) is 33.3 Å². The topological polar surface area (TPSA) is 21.7 Å². The van der Waals surface area contributed by atoms with E-state index in [4.69, 9.17) is 9.47 Å². The standard InChI is InChI=1S/C12H18BrNO2/c1-14(9-13)7-6-10-8-11(15-2)4-5-12(10)16-3/h4-5,8H,6-7,9H2,1-3H3. The Morgan fingerprint density at radius 1 is 1.25 bits per heavy atom. The number of halogens is 1. The first-order chi connectivity index (χ1) is 7.71. The van der Waals surface area contributed by atoms with Gasteiger partial charge in [0.1, 0.15) is 11.5 Å². The summed E-state index contributed by atoms with van der Waals surface area (Å²) in [5.74, 6) is 1.79. The number of hydrogen-bond donors (Lipinski definition) is 0. The fourth-order valence-electron chi connectivity index (χ4n) is 1.45. The van der Waals surface area contributed by atoms with Crippen LogP contribution in [0, 0.1) is 0 Å². The van der Waals surface area contributed by atoms with Crippen molar-refractivity contribution in [2.45, 2.75) is 6.42 Å². The van der Waals surface area contributed by atoms with E-state index in [1.807, 2.05) is 18.2 Å². The molecule has 0 spiro atoms. The molecule has 0 saturated carbocycles. The van der Waals surface area contributed by atoms with Crippen LogP contribution in [0.1, 0.15) is 5.56 Å². The number of methoxy groups -OCH3 is 2. The minimum atomic E-state index is 0.872. The van der Waals surface area contributed by atoms with Gasteiger partial charge in [-0.05, 0) is 37.2 Å². The Morgan fingerprint density at radius 3 is 2.56 bits per heavy atom. The second kappa shape index (κ2) is 6.76. The molecule has 0 amide bonds. The van der Waals surface area contributed by atoms with E-state index in [1.54, 1.807) is 14.2 Å². The SMILES string of the molecule is COc1ccc(OC)c(CCN(C)CBr)c1. The van der Waals surface area contributed by atoms with Crippen molar-refractivity contribution in [1.29, 1.82) is 0 Å². The van der Waals surface area contributed by atoms with Crippen LogP contribution in [0.4, 0.5) is 0 Å². The molecule has 0 unspecified atom stereocenters. The van der Waals surface area contributed by atoms with E-state index in [-0.39, 0.29) is 0 Å². The van der Waals surface area contributed by atoms with Gasteiger partial charge in [0.15, 0.2) is 0 Å². The van der Waals surface area contributed by atoms with Gasteiger partial charge in [-0.3, -0.25) is 4.90 Å². The largest absolute Gasteiger partial charge is 0.497 e. The molecule has 1 aromatic rings. The lowest BCUT2D eigenvalue weighted by atomic mass is 10.1. The highest BCUT2D eigenvalue weighted by Gasteiger charge is 2.06. The second-order valence-corrected chi connectivity index (χ2v) is 4.13. The van der Waals surface area contributed by atoms with E-state index in [9.17, 15) is 0 Å². The minimum absolute atomic E-state index is 0.872. The first-order valence-electron chi connectivity index (χ1n) is 5.16. The number of likely N-dealkylation sites (N-methyl/N-ethyl adjacent to an activating group) is 1. The van der Waals surface area contributed by atoms with Crippen LogP contribution in [0.25, 0.3) is 0 Å². The second-order valence-electron chi connectivity index (χ2n) is 3.63. The van der Waals surface area contributed by atoms with Crippen LogP contribution in [0.15, 0.2) is 18.2 Å². The van der Waals surface area contributed by atoms with Crippen LogP contribution < -0.4 is 9.47 Å².